The minimum Gasteiger partial charge on any atom is -0.465 e. The van der Waals surface area contributed by atoms with Crippen LogP contribution in [0.1, 0.15) is 21.5 Å². The summed E-state index contributed by atoms with van der Waals surface area (Å²) in [5.74, 6) is -1.16. The second-order valence-corrected chi connectivity index (χ2v) is 5.52. The number of amides is 1. The molecule has 1 aromatic heterocycles. The molecular weight excluding hydrogens is 343 g/mol. The summed E-state index contributed by atoms with van der Waals surface area (Å²) in [5.41, 5.74) is -0.348. The van der Waals surface area contributed by atoms with Crippen LogP contribution in [0, 0.1) is 0 Å². The van der Waals surface area contributed by atoms with E-state index in [0.717, 1.165) is 29.5 Å². The predicted molar refractivity (Wildman–Crippen MR) is 84.8 cm³/mol. The number of carbonyl (C=O) groups excluding carboxylic acids is 2. The van der Waals surface area contributed by atoms with Crippen molar-refractivity contribution >= 4 is 34.3 Å². The minimum absolute atomic E-state index is 0.211. The first kappa shape index (κ1) is 17.7. The second kappa shape index (κ2) is 7.31. The molecule has 126 valence electrons. The summed E-state index contributed by atoms with van der Waals surface area (Å²) in [6.07, 6.45) is -2.09. The average molecular weight is 355 g/mol. The Morgan fingerprint density at radius 3 is 2.67 bits per heavy atom. The molecule has 0 aliphatic carbocycles. The van der Waals surface area contributed by atoms with Gasteiger partial charge in [0.2, 0.25) is 5.91 Å². The first-order chi connectivity index (χ1) is 11.3. The van der Waals surface area contributed by atoms with Gasteiger partial charge in [-0.05, 0) is 35.2 Å². The highest BCUT2D eigenvalue weighted by atomic mass is 32.1. The van der Waals surface area contributed by atoms with E-state index in [9.17, 15) is 22.8 Å². The molecule has 8 heteroatoms. The Balaban J connectivity index is 2.09. The number of rotatable bonds is 4. The highest BCUT2D eigenvalue weighted by molar-refractivity contribution is 7.14. The summed E-state index contributed by atoms with van der Waals surface area (Å²) in [6, 6.07) is 6.10. The van der Waals surface area contributed by atoms with Gasteiger partial charge in [-0.1, -0.05) is 12.1 Å². The van der Waals surface area contributed by atoms with Crippen molar-refractivity contribution in [1.29, 1.82) is 0 Å². The summed E-state index contributed by atoms with van der Waals surface area (Å²) in [7, 11) is 1.22. The third-order valence-electron chi connectivity index (χ3n) is 2.95. The monoisotopic (exact) mass is 355 g/mol. The highest BCUT2D eigenvalue weighted by Crippen LogP contribution is 2.29. The van der Waals surface area contributed by atoms with E-state index < -0.39 is 23.6 Å². The molecule has 0 atom stereocenters. The highest BCUT2D eigenvalue weighted by Gasteiger charge is 2.30. The van der Waals surface area contributed by atoms with Crippen LogP contribution in [0.5, 0.6) is 0 Å². The van der Waals surface area contributed by atoms with Crippen LogP contribution < -0.4 is 5.32 Å². The standard InChI is InChI=1S/C16H12F3NO3S/c1-23-15(22)12-7-8-24-14(12)20-13(21)6-5-10-3-2-4-11(9-10)16(17,18)19/h2-9H,1H3,(H,20,21)/b6-5+. The molecule has 1 aromatic carbocycles. The second-order valence-electron chi connectivity index (χ2n) is 4.60. The number of esters is 1. The van der Waals surface area contributed by atoms with E-state index in [2.05, 4.69) is 10.1 Å². The zero-order chi connectivity index (χ0) is 17.7. The number of thiophene rings is 1. The summed E-state index contributed by atoms with van der Waals surface area (Å²) in [5, 5.41) is 4.41. The molecule has 1 heterocycles. The molecule has 2 aromatic rings. The maximum atomic E-state index is 12.6. The Kier molecular flexibility index (Phi) is 5.40. The van der Waals surface area contributed by atoms with Crippen LogP contribution in [-0.4, -0.2) is 19.0 Å². The van der Waals surface area contributed by atoms with Crippen LogP contribution in [-0.2, 0) is 15.7 Å². The van der Waals surface area contributed by atoms with Crippen molar-refractivity contribution in [2.24, 2.45) is 0 Å². The smallest absolute Gasteiger partial charge is 0.416 e. The van der Waals surface area contributed by atoms with E-state index in [0.29, 0.717) is 5.00 Å². The van der Waals surface area contributed by atoms with Gasteiger partial charge in [0, 0.05) is 6.08 Å². The molecule has 0 unspecified atom stereocenters. The maximum Gasteiger partial charge on any atom is 0.416 e. The van der Waals surface area contributed by atoms with Crippen molar-refractivity contribution in [3.8, 4) is 0 Å². The quantitative estimate of drug-likeness (QED) is 0.660. The van der Waals surface area contributed by atoms with Crippen molar-refractivity contribution in [3.63, 3.8) is 0 Å². The maximum absolute atomic E-state index is 12.6. The molecule has 0 aliphatic heterocycles. The Bertz CT molecular complexity index is 781. The van der Waals surface area contributed by atoms with E-state index in [1.54, 1.807) is 5.38 Å². The van der Waals surface area contributed by atoms with Crippen LogP contribution in [0.2, 0.25) is 0 Å². The van der Waals surface area contributed by atoms with Gasteiger partial charge in [0.05, 0.1) is 18.2 Å². The van der Waals surface area contributed by atoms with Gasteiger partial charge < -0.3 is 10.1 Å². The number of benzene rings is 1. The molecule has 4 nitrogen and oxygen atoms in total. The van der Waals surface area contributed by atoms with Gasteiger partial charge in [0.1, 0.15) is 5.00 Å². The number of hydrogen-bond donors (Lipinski definition) is 1. The molecule has 0 saturated heterocycles. The third-order valence-corrected chi connectivity index (χ3v) is 3.78. The topological polar surface area (TPSA) is 55.4 Å². The zero-order valence-electron chi connectivity index (χ0n) is 12.4. The number of methoxy groups -OCH3 is 1. The van der Waals surface area contributed by atoms with E-state index >= 15 is 0 Å². The van der Waals surface area contributed by atoms with Gasteiger partial charge >= 0.3 is 12.1 Å². The minimum atomic E-state index is -4.45. The lowest BCUT2D eigenvalue weighted by Gasteiger charge is -2.06. The van der Waals surface area contributed by atoms with Gasteiger partial charge in [0.25, 0.3) is 0 Å². The van der Waals surface area contributed by atoms with E-state index in [1.807, 2.05) is 0 Å². The first-order valence-corrected chi connectivity index (χ1v) is 7.51. The molecule has 0 saturated carbocycles. The molecule has 0 bridgehead atoms. The van der Waals surface area contributed by atoms with Crippen LogP contribution in [0.4, 0.5) is 18.2 Å². The fraction of sp³-hybridized carbons (Fsp3) is 0.125. The fourth-order valence-electron chi connectivity index (χ4n) is 1.82. The zero-order valence-corrected chi connectivity index (χ0v) is 13.2. The summed E-state index contributed by atoms with van der Waals surface area (Å²) in [4.78, 5) is 23.4. The summed E-state index contributed by atoms with van der Waals surface area (Å²) >= 11 is 1.13. The number of alkyl halides is 3. The van der Waals surface area contributed by atoms with Crippen molar-refractivity contribution in [2.45, 2.75) is 6.18 Å². The number of ether oxygens (including phenoxy) is 1. The summed E-state index contributed by atoms with van der Waals surface area (Å²) in [6.45, 7) is 0. The molecule has 0 radical (unpaired) electrons. The van der Waals surface area contributed by atoms with Crippen molar-refractivity contribution in [1.82, 2.24) is 0 Å². The number of nitrogens with one attached hydrogen (secondary N) is 1. The van der Waals surface area contributed by atoms with Gasteiger partial charge in [-0.3, -0.25) is 4.79 Å². The fourth-order valence-corrected chi connectivity index (χ4v) is 2.60. The predicted octanol–water partition coefficient (Wildman–Crippen LogP) is 4.21. The lowest BCUT2D eigenvalue weighted by atomic mass is 10.1. The van der Waals surface area contributed by atoms with Crippen LogP contribution >= 0.6 is 11.3 Å². The van der Waals surface area contributed by atoms with Gasteiger partial charge in [-0.25, -0.2) is 4.79 Å². The summed E-state index contributed by atoms with van der Waals surface area (Å²) < 4.78 is 42.5. The van der Waals surface area contributed by atoms with Crippen molar-refractivity contribution in [3.05, 3.63) is 58.5 Å². The van der Waals surface area contributed by atoms with Crippen molar-refractivity contribution in [2.75, 3.05) is 12.4 Å². The first-order valence-electron chi connectivity index (χ1n) is 6.63. The number of anilines is 1. The lowest BCUT2D eigenvalue weighted by Crippen LogP contribution is -2.10. The Labute approximate surface area is 139 Å². The number of carbonyl (C=O) groups is 2. The van der Waals surface area contributed by atoms with Crippen LogP contribution in [0.25, 0.3) is 6.08 Å². The normalized spacial score (nSPS) is 11.5. The molecule has 1 amide bonds. The molecule has 0 fully saturated rings. The molecule has 2 rings (SSSR count). The molecular formula is C16H12F3NO3S. The largest absolute Gasteiger partial charge is 0.465 e. The van der Waals surface area contributed by atoms with Gasteiger partial charge in [0.15, 0.2) is 0 Å². The lowest BCUT2D eigenvalue weighted by molar-refractivity contribution is -0.137. The number of hydrogen-bond acceptors (Lipinski definition) is 4. The Morgan fingerprint density at radius 2 is 2.00 bits per heavy atom. The number of halogens is 3. The van der Waals surface area contributed by atoms with E-state index in [4.69, 9.17) is 0 Å². The third kappa shape index (κ3) is 4.45. The van der Waals surface area contributed by atoms with Crippen LogP contribution in [0.15, 0.2) is 41.8 Å². The molecule has 24 heavy (non-hydrogen) atoms. The Morgan fingerprint density at radius 1 is 1.25 bits per heavy atom. The van der Waals surface area contributed by atoms with Crippen molar-refractivity contribution < 1.29 is 27.5 Å². The molecule has 0 spiro atoms. The Hall–Kier alpha value is -2.61. The molecule has 0 aliphatic rings. The SMILES string of the molecule is COC(=O)c1ccsc1NC(=O)/C=C/c1cccc(C(F)(F)F)c1. The molecule has 1 N–H and O–H groups in total. The van der Waals surface area contributed by atoms with E-state index in [-0.39, 0.29) is 11.1 Å². The van der Waals surface area contributed by atoms with Crippen LogP contribution in [0.3, 0.4) is 0 Å². The van der Waals surface area contributed by atoms with Gasteiger partial charge in [-0.2, -0.15) is 13.2 Å². The van der Waals surface area contributed by atoms with Gasteiger partial charge in [-0.15, -0.1) is 11.3 Å². The average Bonchev–Trinajstić information content (AvgIpc) is 2.99. The van der Waals surface area contributed by atoms with E-state index in [1.165, 1.54) is 31.4 Å².